The summed E-state index contributed by atoms with van der Waals surface area (Å²) < 4.78 is 4.86. The second-order valence-corrected chi connectivity index (χ2v) is 2.73. The third-order valence-corrected chi connectivity index (χ3v) is 1.80. The van der Waals surface area contributed by atoms with Gasteiger partial charge in [-0.05, 0) is 23.8 Å². The minimum atomic E-state index is -0.471. The molecule has 2 aromatic rings. The zero-order valence-electron chi connectivity index (χ0n) is 7.15. The topological polar surface area (TPSA) is 69.8 Å². The zero-order chi connectivity index (χ0) is 9.97. The van der Waals surface area contributed by atoms with Crippen LogP contribution in [0.4, 0.5) is 0 Å². The van der Waals surface area contributed by atoms with Crippen molar-refractivity contribution in [1.29, 1.82) is 5.26 Å². The number of hydrogen-bond donors (Lipinski definition) is 1. The van der Waals surface area contributed by atoms with Gasteiger partial charge in [-0.1, -0.05) is 6.07 Å². The molecule has 0 saturated heterocycles. The van der Waals surface area contributed by atoms with Gasteiger partial charge in [-0.2, -0.15) is 5.26 Å². The number of aromatic amines is 1. The average Bonchev–Trinajstić information content (AvgIpc) is 2.54. The standard InChI is InChI=1S/C10H6N2O2/c11-5-1-2-7-3-4-8-9(6-7)14-10(13)12-8/h1-4,6H,(H,12,13)/b2-1-. The summed E-state index contributed by atoms with van der Waals surface area (Å²) in [5, 5.41) is 8.33. The Morgan fingerprint density at radius 3 is 3.14 bits per heavy atom. The van der Waals surface area contributed by atoms with Crippen molar-refractivity contribution in [3.8, 4) is 6.07 Å². The molecule has 1 heterocycles. The van der Waals surface area contributed by atoms with Gasteiger partial charge < -0.3 is 4.42 Å². The van der Waals surface area contributed by atoms with Crippen molar-refractivity contribution >= 4 is 17.2 Å². The molecule has 1 N–H and O–H groups in total. The number of rotatable bonds is 1. The quantitative estimate of drug-likeness (QED) is 0.688. The lowest BCUT2D eigenvalue weighted by Crippen LogP contribution is -1.92. The predicted octanol–water partition coefficient (Wildman–Crippen LogP) is 1.66. The molecule has 0 radical (unpaired) electrons. The maximum Gasteiger partial charge on any atom is 0.417 e. The molecule has 0 fully saturated rings. The van der Waals surface area contributed by atoms with E-state index < -0.39 is 5.76 Å². The van der Waals surface area contributed by atoms with Crippen molar-refractivity contribution in [2.45, 2.75) is 0 Å². The van der Waals surface area contributed by atoms with Crippen molar-refractivity contribution in [3.05, 3.63) is 40.4 Å². The van der Waals surface area contributed by atoms with Crippen molar-refractivity contribution in [2.75, 3.05) is 0 Å². The Bertz CT molecular complexity index is 584. The Hall–Kier alpha value is -2.28. The van der Waals surface area contributed by atoms with Crippen LogP contribution >= 0.6 is 0 Å². The fourth-order valence-electron chi connectivity index (χ4n) is 1.20. The number of nitrogens with one attached hydrogen (secondary N) is 1. The summed E-state index contributed by atoms with van der Waals surface area (Å²) in [6.07, 6.45) is 3.01. The summed E-state index contributed by atoms with van der Waals surface area (Å²) >= 11 is 0. The molecule has 0 aliphatic carbocycles. The van der Waals surface area contributed by atoms with Crippen LogP contribution < -0.4 is 5.76 Å². The Labute approximate surface area is 79.1 Å². The summed E-state index contributed by atoms with van der Waals surface area (Å²) in [5.74, 6) is -0.471. The molecule has 1 aromatic heterocycles. The fraction of sp³-hybridized carbons (Fsp3) is 0. The Kier molecular flexibility index (Phi) is 1.92. The number of fused-ring (bicyclic) bond motifs is 1. The van der Waals surface area contributed by atoms with Gasteiger partial charge in [0, 0.05) is 6.08 Å². The molecule has 0 aliphatic heterocycles. The molecule has 0 amide bonds. The number of nitrogens with zero attached hydrogens (tertiary/aromatic N) is 1. The Morgan fingerprint density at radius 1 is 1.50 bits per heavy atom. The first-order valence-electron chi connectivity index (χ1n) is 3.98. The van der Waals surface area contributed by atoms with E-state index in [9.17, 15) is 4.79 Å². The lowest BCUT2D eigenvalue weighted by atomic mass is 10.2. The van der Waals surface area contributed by atoms with Gasteiger partial charge >= 0.3 is 5.76 Å². The largest absolute Gasteiger partial charge is 0.417 e. The number of H-pyrrole nitrogens is 1. The molecule has 4 heteroatoms. The smallest absolute Gasteiger partial charge is 0.408 e. The lowest BCUT2D eigenvalue weighted by Gasteiger charge is -1.90. The van der Waals surface area contributed by atoms with Crippen LogP contribution in [0, 0.1) is 11.3 Å². The molecule has 0 atom stereocenters. The van der Waals surface area contributed by atoms with Crippen LogP contribution in [0.1, 0.15) is 5.56 Å². The molecule has 0 bridgehead atoms. The number of aromatic nitrogens is 1. The number of hydrogen-bond acceptors (Lipinski definition) is 3. The highest BCUT2D eigenvalue weighted by molar-refractivity contribution is 5.75. The van der Waals surface area contributed by atoms with E-state index >= 15 is 0 Å². The summed E-state index contributed by atoms with van der Waals surface area (Å²) in [6, 6.07) is 7.11. The van der Waals surface area contributed by atoms with E-state index in [1.54, 1.807) is 24.3 Å². The second kappa shape index (κ2) is 3.23. The van der Waals surface area contributed by atoms with Crippen LogP contribution in [0.15, 0.2) is 33.5 Å². The first kappa shape index (κ1) is 8.32. The number of allylic oxidation sites excluding steroid dienone is 1. The van der Waals surface area contributed by atoms with E-state index in [0.717, 1.165) is 5.56 Å². The fourth-order valence-corrected chi connectivity index (χ4v) is 1.20. The SMILES string of the molecule is N#C/C=C\c1ccc2[nH]c(=O)oc2c1. The molecule has 0 aliphatic rings. The second-order valence-electron chi connectivity index (χ2n) is 2.73. The van der Waals surface area contributed by atoms with E-state index in [1.807, 2.05) is 6.07 Å². The highest BCUT2D eigenvalue weighted by Gasteiger charge is 1.99. The maximum atomic E-state index is 10.8. The Balaban J connectivity index is 2.57. The summed E-state index contributed by atoms with van der Waals surface area (Å²) in [4.78, 5) is 13.4. The van der Waals surface area contributed by atoms with Gasteiger partial charge in [0.05, 0.1) is 11.6 Å². The van der Waals surface area contributed by atoms with Crippen molar-refractivity contribution in [3.63, 3.8) is 0 Å². The molecular formula is C10H6N2O2. The molecule has 0 unspecified atom stereocenters. The monoisotopic (exact) mass is 186 g/mol. The first-order chi connectivity index (χ1) is 6.79. The van der Waals surface area contributed by atoms with Crippen LogP contribution in [-0.4, -0.2) is 4.98 Å². The molecule has 0 saturated carbocycles. The van der Waals surface area contributed by atoms with E-state index in [1.165, 1.54) is 6.08 Å². The van der Waals surface area contributed by atoms with Crippen LogP contribution in [0.25, 0.3) is 17.2 Å². The highest BCUT2D eigenvalue weighted by atomic mass is 16.4. The molecule has 14 heavy (non-hydrogen) atoms. The zero-order valence-corrected chi connectivity index (χ0v) is 7.15. The van der Waals surface area contributed by atoms with E-state index in [0.29, 0.717) is 11.1 Å². The number of oxazole rings is 1. The van der Waals surface area contributed by atoms with Crippen molar-refractivity contribution in [1.82, 2.24) is 4.98 Å². The molecule has 2 rings (SSSR count). The van der Waals surface area contributed by atoms with Gasteiger partial charge in [0.1, 0.15) is 0 Å². The van der Waals surface area contributed by atoms with Crippen LogP contribution in [0.5, 0.6) is 0 Å². The summed E-state index contributed by atoms with van der Waals surface area (Å²) in [6.45, 7) is 0. The van der Waals surface area contributed by atoms with Gasteiger partial charge in [0.25, 0.3) is 0 Å². The third-order valence-electron chi connectivity index (χ3n) is 1.80. The number of benzene rings is 1. The van der Waals surface area contributed by atoms with Gasteiger partial charge in [0.15, 0.2) is 5.58 Å². The van der Waals surface area contributed by atoms with Gasteiger partial charge in [-0.15, -0.1) is 0 Å². The van der Waals surface area contributed by atoms with Gasteiger partial charge in [-0.25, -0.2) is 4.79 Å². The molecule has 1 aromatic carbocycles. The van der Waals surface area contributed by atoms with E-state index in [2.05, 4.69) is 4.98 Å². The third kappa shape index (κ3) is 1.43. The van der Waals surface area contributed by atoms with Gasteiger partial charge in [0.2, 0.25) is 0 Å². The van der Waals surface area contributed by atoms with Crippen LogP contribution in [0.2, 0.25) is 0 Å². The molecule has 0 spiro atoms. The Morgan fingerprint density at radius 2 is 2.36 bits per heavy atom. The highest BCUT2D eigenvalue weighted by Crippen LogP contribution is 2.13. The first-order valence-corrected chi connectivity index (χ1v) is 3.98. The summed E-state index contributed by atoms with van der Waals surface area (Å²) in [7, 11) is 0. The normalized spacial score (nSPS) is 10.8. The minimum Gasteiger partial charge on any atom is -0.408 e. The van der Waals surface area contributed by atoms with Crippen LogP contribution in [0.3, 0.4) is 0 Å². The van der Waals surface area contributed by atoms with E-state index in [4.69, 9.17) is 9.68 Å². The van der Waals surface area contributed by atoms with Crippen molar-refractivity contribution < 1.29 is 4.42 Å². The minimum absolute atomic E-state index is 0.471. The van der Waals surface area contributed by atoms with Gasteiger partial charge in [-0.3, -0.25) is 4.98 Å². The van der Waals surface area contributed by atoms with Crippen molar-refractivity contribution in [2.24, 2.45) is 0 Å². The molecular weight excluding hydrogens is 180 g/mol. The predicted molar refractivity (Wildman–Crippen MR) is 51.5 cm³/mol. The number of nitriles is 1. The summed E-state index contributed by atoms with van der Waals surface area (Å²) in [5.41, 5.74) is 1.97. The molecule has 4 nitrogen and oxygen atoms in total. The lowest BCUT2D eigenvalue weighted by molar-refractivity contribution is 0.555. The van der Waals surface area contributed by atoms with E-state index in [-0.39, 0.29) is 0 Å². The molecule has 68 valence electrons. The maximum absolute atomic E-state index is 10.8. The van der Waals surface area contributed by atoms with Crippen LogP contribution in [-0.2, 0) is 0 Å². The average molecular weight is 186 g/mol.